The Bertz CT molecular complexity index is 283. The van der Waals surface area contributed by atoms with Crippen molar-refractivity contribution in [2.24, 2.45) is 0 Å². The van der Waals surface area contributed by atoms with E-state index in [9.17, 15) is 0 Å². The van der Waals surface area contributed by atoms with Crippen LogP contribution in [0.3, 0.4) is 0 Å². The Labute approximate surface area is 82.0 Å². The second-order valence-corrected chi connectivity index (χ2v) is 4.48. The van der Waals surface area contributed by atoms with Gasteiger partial charge in [0.1, 0.15) is 0 Å². The molecule has 0 aliphatic carbocycles. The normalized spacial score (nSPS) is 9.20. The molecule has 1 aromatic heterocycles. The van der Waals surface area contributed by atoms with E-state index in [0.717, 1.165) is 0 Å². The molecule has 0 saturated carbocycles. The summed E-state index contributed by atoms with van der Waals surface area (Å²) in [5, 5.41) is 1.32. The first-order chi connectivity index (χ1) is 4.47. The Kier molecular flexibility index (Phi) is 3.09. The molecule has 2 aromatic rings. The fourth-order valence-electron chi connectivity index (χ4n) is 0.845. The summed E-state index contributed by atoms with van der Waals surface area (Å²) in [6.07, 6.45) is 0. The molecular weight excluding hydrogens is 231 g/mol. The first-order valence-corrected chi connectivity index (χ1v) is 5.32. The minimum atomic E-state index is 0. The molecule has 1 aromatic carbocycles. The predicted molar refractivity (Wildman–Crippen MR) is 39.7 cm³/mol. The molecule has 44 valence electrons. The first-order valence-electron chi connectivity index (χ1n) is 2.81. The quantitative estimate of drug-likeness (QED) is 0.394. The van der Waals surface area contributed by atoms with Gasteiger partial charge in [-0.1, -0.05) is 0 Å². The van der Waals surface area contributed by atoms with Crippen LogP contribution in [0, 0.1) is 6.07 Å². The average molecular weight is 236 g/mol. The summed E-state index contributed by atoms with van der Waals surface area (Å²) in [4.78, 5) is 0. The summed E-state index contributed by atoms with van der Waals surface area (Å²) in [5.74, 6) is 0. The third kappa shape index (κ3) is 1.50. The average Bonchev–Trinajstić information content (AvgIpc) is 2.33. The van der Waals surface area contributed by atoms with Gasteiger partial charge in [0.05, 0.1) is 0 Å². The van der Waals surface area contributed by atoms with Crippen molar-refractivity contribution >= 4 is 29.2 Å². The molecule has 0 fully saturated rings. The molecule has 1 heterocycles. The van der Waals surface area contributed by atoms with Crippen LogP contribution in [0.4, 0.5) is 0 Å². The van der Waals surface area contributed by atoms with Crippen LogP contribution < -0.4 is 18.9 Å². The van der Waals surface area contributed by atoms with Crippen molar-refractivity contribution in [2.75, 3.05) is 0 Å². The Balaban J connectivity index is 0.000000500. The van der Waals surface area contributed by atoms with E-state index in [2.05, 4.69) is 34.4 Å². The topological polar surface area (TPSA) is 0 Å². The van der Waals surface area contributed by atoms with Gasteiger partial charge in [0.25, 0.3) is 0 Å². The van der Waals surface area contributed by atoms with Crippen LogP contribution in [-0.2, 0) is 0 Å². The van der Waals surface area contributed by atoms with Crippen LogP contribution in [0.25, 0.3) is 8.79 Å². The van der Waals surface area contributed by atoms with Crippen LogP contribution in [0.1, 0.15) is 0 Å². The van der Waals surface area contributed by atoms with Gasteiger partial charge in [0.15, 0.2) is 0 Å². The van der Waals surface area contributed by atoms with E-state index in [1.54, 1.807) is 0 Å². The number of rotatable bonds is 0. The van der Waals surface area contributed by atoms with Crippen LogP contribution in [0.2, 0.25) is 0 Å². The fourth-order valence-corrected chi connectivity index (χ4v) is 2.91. The molecule has 0 aliphatic rings. The summed E-state index contributed by atoms with van der Waals surface area (Å²) in [5.41, 5.74) is 0. The molecule has 0 aliphatic heterocycles. The standard InChI is InChI=1S/C8H5Te.Li/c1-2-4-8-7(3-1)5-6-9-8;/h1-4,6H;/q-1;+1. The molecule has 0 N–H and O–H groups in total. The van der Waals surface area contributed by atoms with Gasteiger partial charge in [0, 0.05) is 0 Å². The van der Waals surface area contributed by atoms with Crippen LogP contribution in [-0.4, -0.2) is 20.4 Å². The van der Waals surface area contributed by atoms with Gasteiger partial charge in [-0.25, -0.2) is 0 Å². The summed E-state index contributed by atoms with van der Waals surface area (Å²) < 4.78 is 3.73. The zero-order valence-corrected chi connectivity index (χ0v) is 8.13. The number of fused-ring (bicyclic) bond motifs is 1. The van der Waals surface area contributed by atoms with Gasteiger partial charge in [-0.05, 0) is 0 Å². The Morgan fingerprint density at radius 3 is 2.80 bits per heavy atom. The van der Waals surface area contributed by atoms with Crippen LogP contribution in [0.15, 0.2) is 28.3 Å². The molecule has 0 radical (unpaired) electrons. The van der Waals surface area contributed by atoms with Crippen molar-refractivity contribution in [2.45, 2.75) is 0 Å². The van der Waals surface area contributed by atoms with Crippen molar-refractivity contribution in [3.63, 3.8) is 0 Å². The fraction of sp³-hybridized carbons (Fsp3) is 0. The Morgan fingerprint density at radius 1 is 1.20 bits per heavy atom. The van der Waals surface area contributed by atoms with Gasteiger partial charge >= 0.3 is 82.5 Å². The maximum absolute atomic E-state index is 3.23. The van der Waals surface area contributed by atoms with Crippen molar-refractivity contribution in [3.8, 4) is 0 Å². The number of benzene rings is 1. The molecule has 2 heteroatoms. The number of hydrogen-bond acceptors (Lipinski definition) is 0. The second-order valence-electron chi connectivity index (χ2n) is 1.88. The molecule has 0 amide bonds. The zero-order valence-electron chi connectivity index (χ0n) is 5.79. The third-order valence-electron chi connectivity index (χ3n) is 1.29. The van der Waals surface area contributed by atoms with Gasteiger partial charge < -0.3 is 0 Å². The summed E-state index contributed by atoms with van der Waals surface area (Å²) >= 11 is 0.0265. The van der Waals surface area contributed by atoms with E-state index >= 15 is 0 Å². The number of hydrogen-bond donors (Lipinski definition) is 0. The molecule has 10 heavy (non-hydrogen) atoms. The SMILES string of the molecule is [Li+].[c-]1c[te]c2ccccc12. The van der Waals surface area contributed by atoms with Crippen LogP contribution >= 0.6 is 0 Å². The van der Waals surface area contributed by atoms with E-state index in [0.29, 0.717) is 0 Å². The zero-order chi connectivity index (χ0) is 6.10. The van der Waals surface area contributed by atoms with Gasteiger partial charge in [-0.3, -0.25) is 0 Å². The van der Waals surface area contributed by atoms with E-state index in [1.807, 2.05) is 0 Å². The molecule has 0 unspecified atom stereocenters. The first kappa shape index (κ1) is 8.44. The summed E-state index contributed by atoms with van der Waals surface area (Å²) in [6, 6.07) is 11.7. The predicted octanol–water partition coefficient (Wildman–Crippen LogP) is -1.30. The van der Waals surface area contributed by atoms with Crippen molar-refractivity contribution in [3.05, 3.63) is 34.4 Å². The van der Waals surface area contributed by atoms with Gasteiger partial charge in [-0.2, -0.15) is 0 Å². The molecule has 0 saturated heterocycles. The summed E-state index contributed by atoms with van der Waals surface area (Å²) in [6.45, 7) is 0. The third-order valence-corrected chi connectivity index (χ3v) is 3.70. The molecule has 0 atom stereocenters. The van der Waals surface area contributed by atoms with E-state index in [1.165, 1.54) is 8.79 Å². The maximum atomic E-state index is 3.23. The van der Waals surface area contributed by atoms with E-state index in [-0.39, 0.29) is 39.3 Å². The summed E-state index contributed by atoms with van der Waals surface area (Å²) in [7, 11) is 0. The van der Waals surface area contributed by atoms with Gasteiger partial charge in [-0.15, -0.1) is 0 Å². The Morgan fingerprint density at radius 2 is 2.00 bits per heavy atom. The molecular formula is C8H5LiTe. The van der Waals surface area contributed by atoms with Crippen molar-refractivity contribution < 1.29 is 18.9 Å². The van der Waals surface area contributed by atoms with E-state index < -0.39 is 0 Å². The van der Waals surface area contributed by atoms with Crippen molar-refractivity contribution in [1.29, 1.82) is 0 Å². The molecule has 0 nitrogen and oxygen atoms in total. The van der Waals surface area contributed by atoms with Gasteiger partial charge in [0.2, 0.25) is 0 Å². The van der Waals surface area contributed by atoms with E-state index in [4.69, 9.17) is 0 Å². The Hall–Kier alpha value is 0.347. The van der Waals surface area contributed by atoms with Crippen LogP contribution in [0.5, 0.6) is 0 Å². The molecule has 2 rings (SSSR count). The second kappa shape index (κ2) is 3.66. The molecule has 0 bridgehead atoms. The molecule has 0 spiro atoms. The monoisotopic (exact) mass is 238 g/mol. The van der Waals surface area contributed by atoms with Crippen molar-refractivity contribution in [1.82, 2.24) is 0 Å². The minimum absolute atomic E-state index is 0.